The summed E-state index contributed by atoms with van der Waals surface area (Å²) in [6.07, 6.45) is 0. The van der Waals surface area contributed by atoms with E-state index in [-0.39, 0.29) is 18.5 Å². The van der Waals surface area contributed by atoms with E-state index in [4.69, 9.17) is 9.47 Å². The lowest BCUT2D eigenvalue weighted by atomic mass is 10.1. The summed E-state index contributed by atoms with van der Waals surface area (Å²) in [7, 11) is -1.22. The number of fused-ring (bicyclic) bond motifs is 1. The molecule has 3 rings (SSSR count). The molecule has 5 heteroatoms. The number of hydrogen-bond acceptors (Lipinski definition) is 4. The lowest BCUT2D eigenvalue weighted by Gasteiger charge is -2.15. The molecule has 0 aliphatic rings. The Morgan fingerprint density at radius 3 is 2.07 bits per heavy atom. The molecule has 0 N–H and O–H groups in total. The van der Waals surface area contributed by atoms with Gasteiger partial charge < -0.3 is 9.47 Å². The van der Waals surface area contributed by atoms with Gasteiger partial charge in [-0.05, 0) is 46.6 Å². The van der Waals surface area contributed by atoms with Gasteiger partial charge in [-0.25, -0.2) is 9.59 Å². The van der Waals surface area contributed by atoms with Crippen LogP contribution in [0, 0.1) is 0 Å². The van der Waals surface area contributed by atoms with Crippen molar-refractivity contribution in [2.45, 2.75) is 32.3 Å². The summed E-state index contributed by atoms with van der Waals surface area (Å²) in [6.45, 7) is 7.34. The first-order valence-electron chi connectivity index (χ1n) is 9.74. The highest BCUT2D eigenvalue weighted by Crippen LogP contribution is 2.17. The van der Waals surface area contributed by atoms with Crippen molar-refractivity contribution in [2.75, 3.05) is 6.61 Å². The second-order valence-electron chi connectivity index (χ2n) is 8.28. The van der Waals surface area contributed by atoms with Crippen LogP contribution in [-0.4, -0.2) is 26.6 Å². The molecule has 0 aliphatic heterocycles. The Labute approximate surface area is 172 Å². The molecule has 0 radical (unpaired) electrons. The van der Waals surface area contributed by atoms with Crippen molar-refractivity contribution in [2.24, 2.45) is 0 Å². The quantitative estimate of drug-likeness (QED) is 0.373. The molecule has 3 aromatic rings. The van der Waals surface area contributed by atoms with Gasteiger partial charge >= 0.3 is 11.9 Å². The fourth-order valence-corrected chi connectivity index (χ4v) is 3.53. The molecule has 29 heavy (non-hydrogen) atoms. The molecule has 0 heterocycles. The number of benzene rings is 3. The molecule has 0 aromatic heterocycles. The average molecular weight is 407 g/mol. The highest BCUT2D eigenvalue weighted by Gasteiger charge is 2.15. The third kappa shape index (κ3) is 6.03. The zero-order chi connectivity index (χ0) is 20.9. The summed E-state index contributed by atoms with van der Waals surface area (Å²) in [6, 6.07) is 21.3. The first-order chi connectivity index (χ1) is 13.8. The Bertz CT molecular complexity index is 1000. The zero-order valence-electron chi connectivity index (χ0n) is 17.1. The van der Waals surface area contributed by atoms with E-state index >= 15 is 0 Å². The number of carbonyl (C=O) groups is 2. The third-order valence-electron chi connectivity index (χ3n) is 4.63. The molecule has 0 spiro atoms. The summed E-state index contributed by atoms with van der Waals surface area (Å²) in [5.74, 6) is -0.687. The molecule has 0 bridgehead atoms. The molecular weight excluding hydrogens is 380 g/mol. The van der Waals surface area contributed by atoms with Crippen LogP contribution in [0.2, 0.25) is 25.7 Å². The van der Waals surface area contributed by atoms with Crippen LogP contribution in [0.15, 0.2) is 66.7 Å². The van der Waals surface area contributed by atoms with Crippen molar-refractivity contribution in [3.05, 3.63) is 83.4 Å². The molecule has 0 unspecified atom stereocenters. The van der Waals surface area contributed by atoms with Crippen LogP contribution in [0.3, 0.4) is 0 Å². The summed E-state index contributed by atoms with van der Waals surface area (Å²) in [5.41, 5.74) is 1.84. The van der Waals surface area contributed by atoms with Crippen molar-refractivity contribution >= 4 is 30.8 Å². The van der Waals surface area contributed by atoms with Crippen LogP contribution in [0.25, 0.3) is 10.8 Å². The fraction of sp³-hybridized carbons (Fsp3) is 0.250. The van der Waals surface area contributed by atoms with Crippen molar-refractivity contribution in [3.8, 4) is 0 Å². The minimum Gasteiger partial charge on any atom is -0.462 e. The van der Waals surface area contributed by atoms with E-state index in [0.29, 0.717) is 17.7 Å². The Kier molecular flexibility index (Phi) is 6.49. The van der Waals surface area contributed by atoms with E-state index in [1.807, 2.05) is 36.4 Å². The maximum absolute atomic E-state index is 12.3. The van der Waals surface area contributed by atoms with Gasteiger partial charge in [-0.1, -0.05) is 62.1 Å². The molecule has 3 aromatic carbocycles. The predicted octanol–water partition coefficient (Wildman–Crippen LogP) is 5.69. The highest BCUT2D eigenvalue weighted by atomic mass is 28.3. The van der Waals surface area contributed by atoms with Gasteiger partial charge in [-0.2, -0.15) is 0 Å². The normalized spacial score (nSPS) is 11.3. The second kappa shape index (κ2) is 9.05. The van der Waals surface area contributed by atoms with Crippen molar-refractivity contribution in [1.29, 1.82) is 0 Å². The van der Waals surface area contributed by atoms with Gasteiger partial charge in [-0.3, -0.25) is 0 Å². The van der Waals surface area contributed by atoms with Crippen LogP contribution < -0.4 is 0 Å². The minimum atomic E-state index is -1.22. The van der Waals surface area contributed by atoms with Crippen LogP contribution in [-0.2, 0) is 16.1 Å². The number of rotatable bonds is 7. The number of hydrogen-bond donors (Lipinski definition) is 0. The van der Waals surface area contributed by atoms with Gasteiger partial charge in [0, 0.05) is 8.07 Å². The third-order valence-corrected chi connectivity index (χ3v) is 6.33. The second-order valence-corrected chi connectivity index (χ2v) is 13.9. The van der Waals surface area contributed by atoms with Gasteiger partial charge in [0.05, 0.1) is 17.7 Å². The van der Waals surface area contributed by atoms with Crippen molar-refractivity contribution in [1.82, 2.24) is 0 Å². The summed E-state index contributed by atoms with van der Waals surface area (Å²) < 4.78 is 10.8. The number of esters is 2. The van der Waals surface area contributed by atoms with Gasteiger partial charge in [0.1, 0.15) is 6.61 Å². The van der Waals surface area contributed by atoms with Crippen molar-refractivity contribution < 1.29 is 19.1 Å². The smallest absolute Gasteiger partial charge is 0.338 e. The maximum Gasteiger partial charge on any atom is 0.338 e. The molecule has 0 saturated heterocycles. The molecule has 0 aliphatic carbocycles. The first kappa shape index (κ1) is 20.8. The Morgan fingerprint density at radius 1 is 0.759 bits per heavy atom. The van der Waals surface area contributed by atoms with E-state index in [9.17, 15) is 9.59 Å². The molecule has 0 atom stereocenters. The topological polar surface area (TPSA) is 52.6 Å². The lowest BCUT2D eigenvalue weighted by molar-refractivity contribution is 0.0469. The van der Waals surface area contributed by atoms with Crippen LogP contribution in [0.1, 0.15) is 26.3 Å². The number of ether oxygens (including phenoxy) is 2. The highest BCUT2D eigenvalue weighted by molar-refractivity contribution is 6.76. The van der Waals surface area contributed by atoms with E-state index in [0.717, 1.165) is 22.4 Å². The monoisotopic (exact) mass is 406 g/mol. The lowest BCUT2D eigenvalue weighted by Crippen LogP contribution is -2.22. The van der Waals surface area contributed by atoms with Crippen LogP contribution in [0.4, 0.5) is 0 Å². The summed E-state index contributed by atoms with van der Waals surface area (Å²) >= 11 is 0. The van der Waals surface area contributed by atoms with Crippen LogP contribution in [0.5, 0.6) is 0 Å². The van der Waals surface area contributed by atoms with Gasteiger partial charge in [0.2, 0.25) is 0 Å². The largest absolute Gasteiger partial charge is 0.462 e. The molecule has 0 saturated carbocycles. The average Bonchev–Trinajstić information content (AvgIpc) is 2.71. The Balaban J connectivity index is 1.54. The molecule has 0 amide bonds. The SMILES string of the molecule is C[Si](C)(C)CCOC(=O)c1ccc(COC(=O)c2ccc3ccccc3c2)cc1. The predicted molar refractivity (Wildman–Crippen MR) is 118 cm³/mol. The standard InChI is InChI=1S/C24H26O4Si/c1-29(2,3)15-14-27-23(25)20-10-8-18(9-11-20)17-28-24(26)22-13-12-19-6-4-5-7-21(19)16-22/h4-13,16H,14-15,17H2,1-3H3. The summed E-state index contributed by atoms with van der Waals surface area (Å²) in [5, 5.41) is 2.08. The van der Waals surface area contributed by atoms with Gasteiger partial charge in [0.25, 0.3) is 0 Å². The minimum absolute atomic E-state index is 0.149. The Hall–Kier alpha value is -2.92. The first-order valence-corrected chi connectivity index (χ1v) is 13.4. The molecule has 150 valence electrons. The van der Waals surface area contributed by atoms with E-state index in [2.05, 4.69) is 19.6 Å². The molecular formula is C24H26O4Si. The van der Waals surface area contributed by atoms with E-state index < -0.39 is 8.07 Å². The van der Waals surface area contributed by atoms with Crippen LogP contribution >= 0.6 is 0 Å². The van der Waals surface area contributed by atoms with Gasteiger partial charge in [0.15, 0.2) is 0 Å². The maximum atomic E-state index is 12.3. The van der Waals surface area contributed by atoms with E-state index in [1.54, 1.807) is 30.3 Å². The number of carbonyl (C=O) groups excluding carboxylic acids is 2. The molecule has 0 fully saturated rings. The van der Waals surface area contributed by atoms with Gasteiger partial charge in [-0.15, -0.1) is 0 Å². The zero-order valence-corrected chi connectivity index (χ0v) is 18.1. The molecule has 4 nitrogen and oxygen atoms in total. The Morgan fingerprint density at radius 2 is 1.38 bits per heavy atom. The fourth-order valence-electron chi connectivity index (χ4n) is 2.82. The van der Waals surface area contributed by atoms with E-state index in [1.165, 1.54) is 0 Å². The summed E-state index contributed by atoms with van der Waals surface area (Å²) in [4.78, 5) is 24.5. The van der Waals surface area contributed by atoms with Crippen molar-refractivity contribution in [3.63, 3.8) is 0 Å².